The van der Waals surface area contributed by atoms with Gasteiger partial charge in [-0.25, -0.2) is 0 Å². The molecule has 0 amide bonds. The molecule has 0 saturated carbocycles. The Morgan fingerprint density at radius 1 is 1.16 bits per heavy atom. The smallest absolute Gasteiger partial charge is 0.0320 e. The van der Waals surface area contributed by atoms with Gasteiger partial charge >= 0.3 is 0 Å². The maximum Gasteiger partial charge on any atom is 0.0320 e. The molecule has 1 N–H and O–H groups in total. The molecule has 0 aromatic heterocycles. The number of rotatable bonds is 9. The zero-order valence-corrected chi connectivity index (χ0v) is 12.8. The van der Waals surface area contributed by atoms with E-state index in [4.69, 9.17) is 0 Å². The molecule has 0 saturated heterocycles. The summed E-state index contributed by atoms with van der Waals surface area (Å²) in [6, 6.07) is 7.37. The zero-order valence-electron chi connectivity index (χ0n) is 12.8. The van der Waals surface area contributed by atoms with Gasteiger partial charge in [0, 0.05) is 6.04 Å². The Morgan fingerprint density at radius 2 is 1.95 bits per heavy atom. The van der Waals surface area contributed by atoms with Gasteiger partial charge in [-0.3, -0.25) is 0 Å². The van der Waals surface area contributed by atoms with Crippen molar-refractivity contribution in [3.63, 3.8) is 0 Å². The van der Waals surface area contributed by atoms with Crippen LogP contribution in [0.1, 0.15) is 61.8 Å². The van der Waals surface area contributed by atoms with Gasteiger partial charge in [0.2, 0.25) is 0 Å². The molecule has 1 nitrogen and oxygen atoms in total. The topological polar surface area (TPSA) is 12.0 Å². The Bertz CT molecular complexity index is 381. The molecule has 1 unspecified atom stereocenters. The highest BCUT2D eigenvalue weighted by molar-refractivity contribution is 5.31. The van der Waals surface area contributed by atoms with Crippen molar-refractivity contribution in [1.82, 2.24) is 5.32 Å². The van der Waals surface area contributed by atoms with Crippen LogP contribution in [0.2, 0.25) is 0 Å². The second-order valence-corrected chi connectivity index (χ2v) is 5.38. The van der Waals surface area contributed by atoms with Crippen LogP contribution in [0.5, 0.6) is 0 Å². The first-order chi connectivity index (χ1) is 9.19. The highest BCUT2D eigenvalue weighted by Crippen LogP contribution is 2.22. The zero-order chi connectivity index (χ0) is 14.1. The van der Waals surface area contributed by atoms with Gasteiger partial charge in [-0.05, 0) is 56.3 Å². The van der Waals surface area contributed by atoms with Crippen LogP contribution in [0.15, 0.2) is 30.9 Å². The second-order valence-electron chi connectivity index (χ2n) is 5.38. The first kappa shape index (κ1) is 16.0. The molecular weight excluding hydrogens is 230 g/mol. The van der Waals surface area contributed by atoms with Gasteiger partial charge in [0.05, 0.1) is 0 Å². The predicted octanol–water partition coefficient (Wildman–Crippen LogP) is 5.09. The number of aryl methyl sites for hydroxylation is 2. The van der Waals surface area contributed by atoms with E-state index in [-0.39, 0.29) is 0 Å². The summed E-state index contributed by atoms with van der Waals surface area (Å²) >= 11 is 0. The van der Waals surface area contributed by atoms with E-state index in [1.165, 1.54) is 42.4 Å². The number of hydrogen-bond acceptors (Lipinski definition) is 1. The predicted molar refractivity (Wildman–Crippen MR) is 85.6 cm³/mol. The van der Waals surface area contributed by atoms with Gasteiger partial charge in [0.25, 0.3) is 0 Å². The van der Waals surface area contributed by atoms with Crippen molar-refractivity contribution in [2.45, 2.75) is 58.9 Å². The minimum Gasteiger partial charge on any atom is -0.310 e. The van der Waals surface area contributed by atoms with Crippen molar-refractivity contribution in [2.75, 3.05) is 6.54 Å². The van der Waals surface area contributed by atoms with E-state index >= 15 is 0 Å². The van der Waals surface area contributed by atoms with Crippen molar-refractivity contribution in [3.8, 4) is 0 Å². The average Bonchev–Trinajstić information content (AvgIpc) is 2.40. The lowest BCUT2D eigenvalue weighted by Crippen LogP contribution is -2.21. The maximum atomic E-state index is 3.78. The van der Waals surface area contributed by atoms with Crippen molar-refractivity contribution in [1.29, 1.82) is 0 Å². The number of hydrogen-bond donors (Lipinski definition) is 1. The van der Waals surface area contributed by atoms with Crippen molar-refractivity contribution < 1.29 is 0 Å². The first-order valence-electron chi connectivity index (χ1n) is 7.60. The van der Waals surface area contributed by atoms with Crippen molar-refractivity contribution in [2.24, 2.45) is 0 Å². The Kier molecular flexibility index (Phi) is 7.50. The maximum absolute atomic E-state index is 3.78. The summed E-state index contributed by atoms with van der Waals surface area (Å²) in [6.07, 6.45) is 8.26. The summed E-state index contributed by atoms with van der Waals surface area (Å²) in [4.78, 5) is 0. The van der Waals surface area contributed by atoms with Crippen LogP contribution in [0, 0.1) is 13.8 Å². The van der Waals surface area contributed by atoms with Crippen LogP contribution >= 0.6 is 0 Å². The Morgan fingerprint density at radius 3 is 2.58 bits per heavy atom. The summed E-state index contributed by atoms with van der Waals surface area (Å²) in [5.41, 5.74) is 4.21. The van der Waals surface area contributed by atoms with E-state index < -0.39 is 0 Å². The van der Waals surface area contributed by atoms with Gasteiger partial charge in [-0.1, -0.05) is 44.0 Å². The Labute approximate surface area is 119 Å². The third-order valence-electron chi connectivity index (χ3n) is 3.78. The molecule has 19 heavy (non-hydrogen) atoms. The number of benzene rings is 1. The van der Waals surface area contributed by atoms with Gasteiger partial charge in [-0.2, -0.15) is 0 Å². The molecule has 1 aromatic rings. The van der Waals surface area contributed by atoms with Crippen LogP contribution in [0.3, 0.4) is 0 Å². The van der Waals surface area contributed by atoms with Gasteiger partial charge < -0.3 is 5.32 Å². The quantitative estimate of drug-likeness (QED) is 0.481. The molecule has 0 aliphatic rings. The fourth-order valence-electron chi connectivity index (χ4n) is 2.43. The molecule has 1 rings (SSSR count). The van der Waals surface area contributed by atoms with Crippen LogP contribution in [0.25, 0.3) is 0 Å². The second kappa shape index (κ2) is 8.92. The van der Waals surface area contributed by atoms with E-state index in [1.807, 2.05) is 6.08 Å². The summed E-state index contributed by atoms with van der Waals surface area (Å²) < 4.78 is 0. The minimum absolute atomic E-state index is 0.507. The summed E-state index contributed by atoms with van der Waals surface area (Å²) in [6.45, 7) is 11.4. The van der Waals surface area contributed by atoms with E-state index in [1.54, 1.807) is 0 Å². The summed E-state index contributed by atoms with van der Waals surface area (Å²) in [5.74, 6) is 0. The molecule has 106 valence electrons. The Balaban J connectivity index is 2.55. The largest absolute Gasteiger partial charge is 0.310 e. The van der Waals surface area contributed by atoms with Gasteiger partial charge in [0.15, 0.2) is 0 Å². The van der Waals surface area contributed by atoms with Gasteiger partial charge in [0.1, 0.15) is 0 Å². The highest BCUT2D eigenvalue weighted by atomic mass is 14.9. The lowest BCUT2D eigenvalue weighted by molar-refractivity contribution is 0.483. The van der Waals surface area contributed by atoms with E-state index in [0.717, 1.165) is 13.0 Å². The summed E-state index contributed by atoms with van der Waals surface area (Å²) in [5, 5.41) is 3.62. The first-order valence-corrected chi connectivity index (χ1v) is 7.60. The van der Waals surface area contributed by atoms with Crippen LogP contribution in [-0.2, 0) is 0 Å². The fourth-order valence-corrected chi connectivity index (χ4v) is 2.43. The molecule has 0 spiro atoms. The van der Waals surface area contributed by atoms with Crippen molar-refractivity contribution in [3.05, 3.63) is 47.5 Å². The molecule has 0 radical (unpaired) electrons. The van der Waals surface area contributed by atoms with Crippen molar-refractivity contribution >= 4 is 0 Å². The third-order valence-corrected chi connectivity index (χ3v) is 3.78. The summed E-state index contributed by atoms with van der Waals surface area (Å²) in [7, 11) is 0. The number of allylic oxidation sites excluding steroid dienone is 1. The van der Waals surface area contributed by atoms with E-state index in [2.05, 4.69) is 50.9 Å². The molecular formula is C18H29N. The standard InChI is InChI=1S/C18H29N/c1-5-7-8-9-10-11-18(19-6-2)17-13-12-15(3)16(4)14-17/h5,12-14,18-19H,1,6-11H2,2-4H3. The lowest BCUT2D eigenvalue weighted by Gasteiger charge is -2.19. The molecule has 1 heteroatoms. The fraction of sp³-hybridized carbons (Fsp3) is 0.556. The lowest BCUT2D eigenvalue weighted by atomic mass is 9.96. The van der Waals surface area contributed by atoms with Crippen LogP contribution in [-0.4, -0.2) is 6.54 Å². The molecule has 1 atom stereocenters. The average molecular weight is 259 g/mol. The number of nitrogens with one attached hydrogen (secondary N) is 1. The van der Waals surface area contributed by atoms with E-state index in [9.17, 15) is 0 Å². The molecule has 0 aliphatic carbocycles. The van der Waals surface area contributed by atoms with Gasteiger partial charge in [-0.15, -0.1) is 6.58 Å². The normalized spacial score (nSPS) is 12.4. The monoisotopic (exact) mass is 259 g/mol. The van der Waals surface area contributed by atoms with E-state index in [0.29, 0.717) is 6.04 Å². The highest BCUT2D eigenvalue weighted by Gasteiger charge is 2.10. The third kappa shape index (κ3) is 5.61. The Hall–Kier alpha value is -1.08. The SMILES string of the molecule is C=CCCCCCC(NCC)c1ccc(C)c(C)c1. The molecule has 0 aliphatic heterocycles. The number of unbranched alkanes of at least 4 members (excludes halogenated alkanes) is 3. The van der Waals surface area contributed by atoms with Crippen LogP contribution < -0.4 is 5.32 Å². The minimum atomic E-state index is 0.507. The molecule has 1 aromatic carbocycles. The van der Waals surface area contributed by atoms with Crippen LogP contribution in [0.4, 0.5) is 0 Å². The molecule has 0 heterocycles. The molecule has 0 fully saturated rings. The molecule has 0 bridgehead atoms.